The van der Waals surface area contributed by atoms with E-state index >= 15 is 0 Å². The van der Waals surface area contributed by atoms with Gasteiger partial charge in [0.05, 0.1) is 12.1 Å². The molecule has 106 valence electrons. The summed E-state index contributed by atoms with van der Waals surface area (Å²) in [7, 11) is 3.45. The molecule has 1 atom stereocenters. The van der Waals surface area contributed by atoms with Crippen LogP contribution in [0.2, 0.25) is 5.02 Å². The van der Waals surface area contributed by atoms with Gasteiger partial charge in [-0.25, -0.2) is 9.37 Å². The van der Waals surface area contributed by atoms with Crippen molar-refractivity contribution in [3.05, 3.63) is 58.5 Å². The summed E-state index contributed by atoms with van der Waals surface area (Å²) in [5.41, 5.74) is 1.90. The van der Waals surface area contributed by atoms with Gasteiger partial charge >= 0.3 is 0 Å². The Morgan fingerprint density at radius 3 is 2.85 bits per heavy atom. The van der Waals surface area contributed by atoms with Crippen LogP contribution < -0.4 is 10.1 Å². The van der Waals surface area contributed by atoms with Crippen LogP contribution in [-0.4, -0.2) is 19.1 Å². The van der Waals surface area contributed by atoms with Gasteiger partial charge in [-0.05, 0) is 37.2 Å². The highest BCUT2D eigenvalue weighted by atomic mass is 35.5. The second-order valence-electron chi connectivity index (χ2n) is 4.40. The lowest BCUT2D eigenvalue weighted by Crippen LogP contribution is -2.20. The van der Waals surface area contributed by atoms with E-state index in [4.69, 9.17) is 16.3 Å². The smallest absolute Gasteiger partial charge is 0.217 e. The van der Waals surface area contributed by atoms with Crippen molar-refractivity contribution in [1.29, 1.82) is 0 Å². The maximum atomic E-state index is 13.2. The normalized spacial score (nSPS) is 12.2. The minimum atomic E-state index is -0.407. The molecule has 0 bridgehead atoms. The summed E-state index contributed by atoms with van der Waals surface area (Å²) in [6.07, 6.45) is 2.35. The molecule has 1 aromatic heterocycles. The third-order valence-corrected chi connectivity index (χ3v) is 3.43. The van der Waals surface area contributed by atoms with Gasteiger partial charge in [-0.15, -0.1) is 0 Å². The number of hydrogen-bond acceptors (Lipinski definition) is 3. The van der Waals surface area contributed by atoms with Gasteiger partial charge in [0.25, 0.3) is 0 Å². The molecule has 3 nitrogen and oxygen atoms in total. The van der Waals surface area contributed by atoms with E-state index in [-0.39, 0.29) is 11.1 Å². The Bertz CT molecular complexity index is 592. The summed E-state index contributed by atoms with van der Waals surface area (Å²) >= 11 is 5.81. The molecule has 2 rings (SSSR count). The van der Waals surface area contributed by atoms with Crippen LogP contribution in [0.3, 0.4) is 0 Å². The van der Waals surface area contributed by atoms with Crippen LogP contribution in [0.4, 0.5) is 4.39 Å². The Hall–Kier alpha value is -1.65. The molecular weight excluding hydrogens is 279 g/mol. The number of methoxy groups -OCH3 is 1. The lowest BCUT2D eigenvalue weighted by atomic mass is 10.00. The fourth-order valence-corrected chi connectivity index (χ4v) is 2.31. The molecule has 20 heavy (non-hydrogen) atoms. The van der Waals surface area contributed by atoms with Gasteiger partial charge in [-0.3, -0.25) is 0 Å². The van der Waals surface area contributed by atoms with Crippen LogP contribution in [0, 0.1) is 5.82 Å². The number of nitrogens with zero attached hydrogens (tertiary/aromatic N) is 1. The number of rotatable bonds is 5. The van der Waals surface area contributed by atoms with Gasteiger partial charge in [0.2, 0.25) is 5.88 Å². The van der Waals surface area contributed by atoms with Gasteiger partial charge in [0, 0.05) is 17.8 Å². The zero-order chi connectivity index (χ0) is 14.5. The topological polar surface area (TPSA) is 34.2 Å². The Morgan fingerprint density at radius 2 is 2.20 bits per heavy atom. The molecule has 0 aliphatic carbocycles. The molecule has 0 saturated heterocycles. The van der Waals surface area contributed by atoms with Crippen molar-refractivity contribution >= 4 is 11.6 Å². The van der Waals surface area contributed by atoms with Crippen LogP contribution in [0.25, 0.3) is 0 Å². The van der Waals surface area contributed by atoms with Crippen LogP contribution in [-0.2, 0) is 6.42 Å². The summed E-state index contributed by atoms with van der Waals surface area (Å²) in [5, 5.41) is 3.35. The van der Waals surface area contributed by atoms with E-state index < -0.39 is 5.82 Å². The molecule has 0 fully saturated rings. The van der Waals surface area contributed by atoms with Crippen molar-refractivity contribution in [3.63, 3.8) is 0 Å². The average molecular weight is 295 g/mol. The lowest BCUT2D eigenvalue weighted by Gasteiger charge is -2.18. The minimum absolute atomic E-state index is 0.0141. The summed E-state index contributed by atoms with van der Waals surface area (Å²) in [6, 6.07) is 8.58. The minimum Gasteiger partial charge on any atom is -0.481 e. The quantitative estimate of drug-likeness (QED) is 0.918. The van der Waals surface area contributed by atoms with Crippen LogP contribution in [0.15, 0.2) is 36.5 Å². The molecule has 1 unspecified atom stereocenters. The molecule has 0 aliphatic rings. The number of halogens is 2. The Balaban J connectivity index is 2.26. The van der Waals surface area contributed by atoms with E-state index in [0.717, 1.165) is 11.1 Å². The first-order chi connectivity index (χ1) is 9.65. The van der Waals surface area contributed by atoms with Crippen LogP contribution in [0.1, 0.15) is 17.2 Å². The zero-order valence-electron chi connectivity index (χ0n) is 11.4. The molecule has 1 heterocycles. The Labute approximate surface area is 122 Å². The molecule has 0 radical (unpaired) electrons. The highest BCUT2D eigenvalue weighted by molar-refractivity contribution is 6.30. The molecule has 0 amide bonds. The highest BCUT2D eigenvalue weighted by Gasteiger charge is 2.16. The second-order valence-corrected chi connectivity index (χ2v) is 4.80. The van der Waals surface area contributed by atoms with Crippen LogP contribution in [0.5, 0.6) is 5.88 Å². The SMILES string of the molecule is CNC(Cc1ccc(F)c(Cl)c1)c1cccnc1OC. The molecule has 5 heteroatoms. The van der Waals surface area contributed by atoms with E-state index in [1.807, 2.05) is 19.2 Å². The van der Waals surface area contributed by atoms with E-state index in [2.05, 4.69) is 10.3 Å². The van der Waals surface area contributed by atoms with E-state index in [1.165, 1.54) is 6.07 Å². The third kappa shape index (κ3) is 3.26. The monoisotopic (exact) mass is 294 g/mol. The zero-order valence-corrected chi connectivity index (χ0v) is 12.1. The number of ether oxygens (including phenoxy) is 1. The standard InChI is InChI=1S/C15H16ClFN2O/c1-18-14(11-4-3-7-19-15(11)20-2)9-10-5-6-13(17)12(16)8-10/h3-8,14,18H,9H2,1-2H3. The van der Waals surface area contributed by atoms with E-state index in [9.17, 15) is 4.39 Å². The van der Waals surface area contributed by atoms with E-state index in [1.54, 1.807) is 25.4 Å². The molecule has 0 aliphatic heterocycles. The molecule has 0 saturated carbocycles. The first kappa shape index (κ1) is 14.8. The molecule has 1 N–H and O–H groups in total. The molecule has 2 aromatic rings. The number of benzene rings is 1. The Kier molecular flexibility index (Phi) is 4.93. The summed E-state index contributed by atoms with van der Waals surface area (Å²) in [5.74, 6) is 0.176. The third-order valence-electron chi connectivity index (χ3n) is 3.14. The first-order valence-corrected chi connectivity index (χ1v) is 6.63. The second kappa shape index (κ2) is 6.68. The largest absolute Gasteiger partial charge is 0.481 e. The van der Waals surface area contributed by atoms with E-state index in [0.29, 0.717) is 12.3 Å². The fraction of sp³-hybridized carbons (Fsp3) is 0.267. The highest BCUT2D eigenvalue weighted by Crippen LogP contribution is 2.26. The fourth-order valence-electron chi connectivity index (χ4n) is 2.11. The maximum Gasteiger partial charge on any atom is 0.217 e. The first-order valence-electron chi connectivity index (χ1n) is 6.25. The number of pyridine rings is 1. The number of aromatic nitrogens is 1. The van der Waals surface area contributed by atoms with Gasteiger partial charge < -0.3 is 10.1 Å². The van der Waals surface area contributed by atoms with Gasteiger partial charge in [0.15, 0.2) is 0 Å². The van der Waals surface area contributed by atoms with Gasteiger partial charge in [-0.1, -0.05) is 23.7 Å². The summed E-state index contributed by atoms with van der Waals surface area (Å²) < 4.78 is 18.5. The van der Waals surface area contributed by atoms with Gasteiger partial charge in [-0.2, -0.15) is 0 Å². The number of likely N-dealkylation sites (N-methyl/N-ethyl adjacent to an activating group) is 1. The van der Waals surface area contributed by atoms with Crippen molar-refractivity contribution in [1.82, 2.24) is 10.3 Å². The molecule has 1 aromatic carbocycles. The van der Waals surface area contributed by atoms with Crippen molar-refractivity contribution in [3.8, 4) is 5.88 Å². The number of hydrogen-bond donors (Lipinski definition) is 1. The molecule has 0 spiro atoms. The van der Waals surface area contributed by atoms with Crippen LogP contribution >= 0.6 is 11.6 Å². The van der Waals surface area contributed by atoms with Crippen molar-refractivity contribution in [2.24, 2.45) is 0 Å². The summed E-state index contributed by atoms with van der Waals surface area (Å²) in [4.78, 5) is 4.19. The summed E-state index contributed by atoms with van der Waals surface area (Å²) in [6.45, 7) is 0. The molecular formula is C15H16ClFN2O. The van der Waals surface area contributed by atoms with Gasteiger partial charge in [0.1, 0.15) is 5.82 Å². The van der Waals surface area contributed by atoms with Crippen molar-refractivity contribution < 1.29 is 9.13 Å². The maximum absolute atomic E-state index is 13.2. The number of nitrogens with one attached hydrogen (secondary N) is 1. The predicted octanol–water partition coefficient (Wildman–Crippen LogP) is 3.39. The predicted molar refractivity (Wildman–Crippen MR) is 77.7 cm³/mol. The lowest BCUT2D eigenvalue weighted by molar-refractivity contribution is 0.384. The van der Waals surface area contributed by atoms with Crippen molar-refractivity contribution in [2.45, 2.75) is 12.5 Å². The van der Waals surface area contributed by atoms with Crippen molar-refractivity contribution in [2.75, 3.05) is 14.2 Å². The average Bonchev–Trinajstić information content (AvgIpc) is 2.48. The Morgan fingerprint density at radius 1 is 1.40 bits per heavy atom.